The van der Waals surface area contributed by atoms with E-state index in [2.05, 4.69) is 15.4 Å². The quantitative estimate of drug-likeness (QED) is 0.222. The Kier molecular flexibility index (Phi) is 8.59. The van der Waals surface area contributed by atoms with E-state index in [1.54, 1.807) is 0 Å². The highest BCUT2D eigenvalue weighted by Crippen LogP contribution is 2.36. The SMILES string of the molecule is CCCC(NC1CCCCC1)OCc1cnn(-c2nc(-c3cccc(C(F)(F)F)c3)cs2)c1C(F)(F)F. The van der Waals surface area contributed by atoms with E-state index in [0.717, 1.165) is 61.8 Å². The number of rotatable bonds is 9. The number of alkyl halides is 6. The van der Waals surface area contributed by atoms with Crippen molar-refractivity contribution >= 4 is 11.3 Å². The number of nitrogens with zero attached hydrogens (tertiary/aromatic N) is 3. The summed E-state index contributed by atoms with van der Waals surface area (Å²) in [4.78, 5) is 4.16. The van der Waals surface area contributed by atoms with Crippen LogP contribution in [0, 0.1) is 0 Å². The summed E-state index contributed by atoms with van der Waals surface area (Å²) in [7, 11) is 0. The molecule has 1 fully saturated rings. The molecule has 2 heterocycles. The lowest BCUT2D eigenvalue weighted by atomic mass is 9.95. The van der Waals surface area contributed by atoms with Gasteiger partial charge in [0.05, 0.1) is 24.1 Å². The molecule has 0 bridgehead atoms. The topological polar surface area (TPSA) is 52.0 Å². The fourth-order valence-electron chi connectivity index (χ4n) is 4.48. The Hall–Kier alpha value is -2.44. The Bertz CT molecular complexity index is 1170. The van der Waals surface area contributed by atoms with Crippen molar-refractivity contribution < 1.29 is 31.1 Å². The second kappa shape index (κ2) is 11.5. The summed E-state index contributed by atoms with van der Waals surface area (Å²) in [6, 6.07) is 4.79. The standard InChI is InChI=1S/C25H28F6N4OS/c1-2-7-21(33-19-10-4-3-5-11-19)36-14-17-13-32-35(22(17)25(29,30)31)23-34-20(15-37-23)16-8-6-9-18(12-16)24(26,27)28/h6,8-9,12-13,15,19,21,33H,2-5,7,10-11,14H2,1H3. The van der Waals surface area contributed by atoms with E-state index in [1.165, 1.54) is 23.9 Å². The zero-order chi connectivity index (χ0) is 26.6. The first-order valence-corrected chi connectivity index (χ1v) is 13.1. The van der Waals surface area contributed by atoms with Gasteiger partial charge in [0.15, 0.2) is 5.69 Å². The van der Waals surface area contributed by atoms with Crippen LogP contribution < -0.4 is 5.32 Å². The molecule has 2 aromatic heterocycles. The van der Waals surface area contributed by atoms with Crippen molar-refractivity contribution in [2.45, 2.75) is 83.1 Å². The van der Waals surface area contributed by atoms with E-state index in [9.17, 15) is 26.3 Å². The molecule has 37 heavy (non-hydrogen) atoms. The highest BCUT2D eigenvalue weighted by Gasteiger charge is 2.39. The minimum absolute atomic E-state index is 0.101. The van der Waals surface area contributed by atoms with Gasteiger partial charge in [0.1, 0.15) is 6.23 Å². The largest absolute Gasteiger partial charge is 0.433 e. The molecule has 1 aromatic carbocycles. The third kappa shape index (κ3) is 6.91. The molecule has 1 unspecified atom stereocenters. The lowest BCUT2D eigenvalue weighted by Gasteiger charge is -2.28. The maximum atomic E-state index is 14.1. The minimum atomic E-state index is -4.74. The molecule has 0 aliphatic heterocycles. The zero-order valence-corrected chi connectivity index (χ0v) is 21.0. The van der Waals surface area contributed by atoms with Crippen molar-refractivity contribution in [3.63, 3.8) is 0 Å². The third-order valence-electron chi connectivity index (χ3n) is 6.29. The molecule has 1 N–H and O–H groups in total. The summed E-state index contributed by atoms with van der Waals surface area (Å²) >= 11 is 0.865. The van der Waals surface area contributed by atoms with Crippen LogP contribution >= 0.6 is 11.3 Å². The first kappa shape index (κ1) is 27.6. The van der Waals surface area contributed by atoms with Crippen LogP contribution in [0.25, 0.3) is 16.4 Å². The van der Waals surface area contributed by atoms with Crippen LogP contribution in [0.4, 0.5) is 26.3 Å². The molecular weight excluding hydrogens is 518 g/mol. The lowest BCUT2D eigenvalue weighted by molar-refractivity contribution is -0.144. The van der Waals surface area contributed by atoms with Crippen molar-refractivity contribution in [1.82, 2.24) is 20.1 Å². The van der Waals surface area contributed by atoms with Crippen molar-refractivity contribution in [1.29, 1.82) is 0 Å². The van der Waals surface area contributed by atoms with Gasteiger partial charge >= 0.3 is 12.4 Å². The molecule has 1 atom stereocenters. The highest BCUT2D eigenvalue weighted by molar-refractivity contribution is 7.12. The number of aromatic nitrogens is 3. The zero-order valence-electron chi connectivity index (χ0n) is 20.2. The number of nitrogens with one attached hydrogen (secondary N) is 1. The highest BCUT2D eigenvalue weighted by atomic mass is 32.1. The van der Waals surface area contributed by atoms with Crippen LogP contribution in [0.15, 0.2) is 35.8 Å². The predicted molar refractivity (Wildman–Crippen MR) is 128 cm³/mol. The first-order valence-electron chi connectivity index (χ1n) is 12.2. The van der Waals surface area contributed by atoms with Crippen LogP contribution in [0.5, 0.6) is 0 Å². The van der Waals surface area contributed by atoms with Crippen LogP contribution in [-0.2, 0) is 23.7 Å². The summed E-state index contributed by atoms with van der Waals surface area (Å²) in [6.45, 7) is 1.70. The van der Waals surface area contributed by atoms with Gasteiger partial charge in [0.2, 0.25) is 5.13 Å². The average Bonchev–Trinajstić information content (AvgIpc) is 3.50. The van der Waals surface area contributed by atoms with Gasteiger partial charge in [-0.25, -0.2) is 9.67 Å². The van der Waals surface area contributed by atoms with Crippen molar-refractivity contribution in [2.24, 2.45) is 0 Å². The van der Waals surface area contributed by atoms with E-state index < -0.39 is 23.6 Å². The molecule has 0 saturated heterocycles. The van der Waals surface area contributed by atoms with Crippen molar-refractivity contribution in [3.05, 3.63) is 52.7 Å². The molecule has 0 radical (unpaired) electrons. The van der Waals surface area contributed by atoms with E-state index in [1.807, 2.05) is 6.92 Å². The second-order valence-electron chi connectivity index (χ2n) is 9.11. The number of halogens is 6. The smallest absolute Gasteiger partial charge is 0.359 e. The third-order valence-corrected chi connectivity index (χ3v) is 7.11. The van der Waals surface area contributed by atoms with Gasteiger partial charge in [0, 0.05) is 22.5 Å². The monoisotopic (exact) mass is 546 g/mol. The van der Waals surface area contributed by atoms with Crippen LogP contribution in [0.3, 0.4) is 0 Å². The number of thiazole rings is 1. The molecule has 5 nitrogen and oxygen atoms in total. The van der Waals surface area contributed by atoms with Gasteiger partial charge in [-0.15, -0.1) is 11.3 Å². The minimum Gasteiger partial charge on any atom is -0.359 e. The Balaban J connectivity index is 1.55. The van der Waals surface area contributed by atoms with Gasteiger partial charge < -0.3 is 4.74 Å². The number of benzene rings is 1. The van der Waals surface area contributed by atoms with Crippen LogP contribution in [0.2, 0.25) is 0 Å². The maximum absolute atomic E-state index is 14.1. The summed E-state index contributed by atoms with van der Waals surface area (Å²) in [5, 5.41) is 8.67. The van der Waals surface area contributed by atoms with E-state index in [0.29, 0.717) is 17.1 Å². The number of hydrogen-bond acceptors (Lipinski definition) is 5. The average molecular weight is 547 g/mol. The first-order chi connectivity index (χ1) is 17.6. The normalized spacial score (nSPS) is 16.3. The molecule has 0 amide bonds. The Morgan fingerprint density at radius 1 is 1.11 bits per heavy atom. The van der Waals surface area contributed by atoms with Crippen molar-refractivity contribution in [3.8, 4) is 16.4 Å². The molecule has 3 aromatic rings. The summed E-state index contributed by atoms with van der Waals surface area (Å²) in [6.07, 6.45) is -1.59. The van der Waals surface area contributed by atoms with Gasteiger partial charge in [0.25, 0.3) is 0 Å². The molecule has 202 valence electrons. The van der Waals surface area contributed by atoms with E-state index in [4.69, 9.17) is 4.74 Å². The Morgan fingerprint density at radius 2 is 1.86 bits per heavy atom. The van der Waals surface area contributed by atoms with Gasteiger partial charge in [-0.3, -0.25) is 5.32 Å². The fourth-order valence-corrected chi connectivity index (χ4v) is 5.28. The summed E-state index contributed by atoms with van der Waals surface area (Å²) in [5.74, 6) is 0. The fraction of sp³-hybridized carbons (Fsp3) is 0.520. The predicted octanol–water partition coefficient (Wildman–Crippen LogP) is 7.60. The molecule has 1 aliphatic carbocycles. The van der Waals surface area contributed by atoms with Gasteiger partial charge in [-0.1, -0.05) is 44.7 Å². The molecule has 4 rings (SSSR count). The Labute approximate surface area is 214 Å². The van der Waals surface area contributed by atoms with Crippen LogP contribution in [-0.4, -0.2) is 27.0 Å². The number of ether oxygens (including phenoxy) is 1. The molecular formula is C25H28F6N4OS. The van der Waals surface area contributed by atoms with E-state index in [-0.39, 0.29) is 34.8 Å². The van der Waals surface area contributed by atoms with Gasteiger partial charge in [-0.05, 0) is 31.4 Å². The molecule has 1 aliphatic rings. The molecule has 12 heteroatoms. The maximum Gasteiger partial charge on any atom is 0.433 e. The number of hydrogen-bond donors (Lipinski definition) is 1. The van der Waals surface area contributed by atoms with Crippen LogP contribution in [0.1, 0.15) is 68.7 Å². The van der Waals surface area contributed by atoms with Gasteiger partial charge in [-0.2, -0.15) is 31.4 Å². The summed E-state index contributed by atoms with van der Waals surface area (Å²) in [5.41, 5.74) is -1.72. The molecule has 0 spiro atoms. The molecule has 1 saturated carbocycles. The van der Waals surface area contributed by atoms with Crippen molar-refractivity contribution in [2.75, 3.05) is 0 Å². The lowest BCUT2D eigenvalue weighted by Crippen LogP contribution is -2.41. The second-order valence-corrected chi connectivity index (χ2v) is 9.95. The summed E-state index contributed by atoms with van der Waals surface area (Å²) < 4.78 is 88.1. The Morgan fingerprint density at radius 3 is 2.54 bits per heavy atom. The van der Waals surface area contributed by atoms with E-state index >= 15 is 0 Å².